The van der Waals surface area contributed by atoms with E-state index >= 15 is 0 Å². The van der Waals surface area contributed by atoms with Gasteiger partial charge in [0.2, 0.25) is 5.91 Å². The Morgan fingerprint density at radius 1 is 0.427 bits per heavy atom. The Kier molecular flexibility index (Phi) is 61.8. The van der Waals surface area contributed by atoms with E-state index in [4.69, 9.17) is 9.05 Å². The smallest absolute Gasteiger partial charge is 0.387 e. The Morgan fingerprint density at radius 3 is 1.07 bits per heavy atom. The normalized spacial score (nSPS) is 14.1. The molecular weight excluding hydrogens is 1030 g/mol. The molecule has 480 valence electrons. The molecule has 0 fully saturated rings. The lowest BCUT2D eigenvalue weighted by Gasteiger charge is -2.25. The zero-order valence-electron chi connectivity index (χ0n) is 55.0. The highest BCUT2D eigenvalue weighted by Gasteiger charge is 2.28. The number of amides is 1. The summed E-state index contributed by atoms with van der Waals surface area (Å²) in [6.07, 6.45) is 89.0. The van der Waals surface area contributed by atoms with Gasteiger partial charge in [-0.25, -0.2) is 4.57 Å². The van der Waals surface area contributed by atoms with Crippen LogP contribution in [-0.2, 0) is 18.4 Å². The third-order valence-electron chi connectivity index (χ3n) is 15.9. The van der Waals surface area contributed by atoms with Crippen LogP contribution in [0.4, 0.5) is 0 Å². The standard InChI is InChI=1S/C73H137N2O6P/c1-6-8-10-12-14-16-18-20-22-24-26-28-30-32-33-34-35-36-37-38-39-40-41-43-45-47-49-51-53-55-57-59-61-63-65-67-73(77)74-71(70-81-82(78,79)80-69-68-75(3,4)5)72(76)66-64-62-60-58-56-54-52-50-48-46-44-42-31-29-27-25-23-21-19-17-15-13-11-9-7-2/h8,10,14,16,20,22,26,28,32-33,64,66,71-72,76H,6-7,9,11-13,15,17-19,21,23-25,27,29-31,34-63,65,67-70H2,1-5H3,(H-,74,77,78,79)/p+1/b10-8-,16-14-,22-20-,28-26-,33-32-,66-64+. The second-order valence-corrected chi connectivity index (χ2v) is 26.7. The van der Waals surface area contributed by atoms with Gasteiger partial charge < -0.3 is 19.8 Å². The minimum atomic E-state index is -4.35. The van der Waals surface area contributed by atoms with E-state index in [1.165, 1.54) is 244 Å². The quantitative estimate of drug-likeness (QED) is 0.0243. The monoisotopic (exact) mass is 1170 g/mol. The van der Waals surface area contributed by atoms with Crippen LogP contribution < -0.4 is 5.32 Å². The van der Waals surface area contributed by atoms with Crippen LogP contribution in [0.2, 0.25) is 0 Å². The van der Waals surface area contributed by atoms with E-state index in [1.54, 1.807) is 6.08 Å². The number of phosphoric acid groups is 1. The van der Waals surface area contributed by atoms with Gasteiger partial charge in [-0.15, -0.1) is 0 Å². The molecule has 0 bridgehead atoms. The first kappa shape index (κ1) is 79.9. The average molecular weight is 1170 g/mol. The second-order valence-electron chi connectivity index (χ2n) is 25.2. The van der Waals surface area contributed by atoms with Crippen molar-refractivity contribution in [3.05, 3.63) is 72.9 Å². The van der Waals surface area contributed by atoms with Gasteiger partial charge in [0.15, 0.2) is 0 Å². The molecule has 9 heteroatoms. The number of phosphoric ester groups is 1. The first-order chi connectivity index (χ1) is 40.0. The molecule has 82 heavy (non-hydrogen) atoms. The molecule has 0 heterocycles. The highest BCUT2D eigenvalue weighted by molar-refractivity contribution is 7.47. The molecule has 0 rings (SSSR count). The number of unbranched alkanes of at least 4 members (excludes halogenated alkanes) is 42. The zero-order chi connectivity index (χ0) is 59.8. The fourth-order valence-electron chi connectivity index (χ4n) is 10.5. The van der Waals surface area contributed by atoms with Gasteiger partial charge >= 0.3 is 7.82 Å². The molecule has 3 unspecified atom stereocenters. The number of carbonyl (C=O) groups is 1. The molecule has 8 nitrogen and oxygen atoms in total. The van der Waals surface area contributed by atoms with Gasteiger partial charge in [0, 0.05) is 6.42 Å². The Labute approximate surface area is 510 Å². The van der Waals surface area contributed by atoms with Crippen molar-refractivity contribution < 1.29 is 32.9 Å². The third kappa shape index (κ3) is 65.5. The van der Waals surface area contributed by atoms with Gasteiger partial charge in [0.1, 0.15) is 13.2 Å². The Bertz CT molecular complexity index is 1570. The summed E-state index contributed by atoms with van der Waals surface area (Å²) in [5.41, 5.74) is 0. The van der Waals surface area contributed by atoms with Crippen molar-refractivity contribution in [2.45, 2.75) is 347 Å². The number of hydrogen-bond donors (Lipinski definition) is 3. The summed E-state index contributed by atoms with van der Waals surface area (Å²) in [6, 6.07) is -0.849. The van der Waals surface area contributed by atoms with Crippen molar-refractivity contribution in [3.8, 4) is 0 Å². The van der Waals surface area contributed by atoms with Gasteiger partial charge in [-0.1, -0.05) is 337 Å². The lowest BCUT2D eigenvalue weighted by molar-refractivity contribution is -0.870. The van der Waals surface area contributed by atoms with Crippen molar-refractivity contribution in [1.82, 2.24) is 5.32 Å². The van der Waals surface area contributed by atoms with E-state index in [-0.39, 0.29) is 19.1 Å². The van der Waals surface area contributed by atoms with Gasteiger partial charge in [0.25, 0.3) is 0 Å². The molecule has 0 aromatic heterocycles. The summed E-state index contributed by atoms with van der Waals surface area (Å²) in [5.74, 6) is -0.172. The van der Waals surface area contributed by atoms with Crippen LogP contribution in [0.15, 0.2) is 72.9 Å². The largest absolute Gasteiger partial charge is 0.472 e. The van der Waals surface area contributed by atoms with Crippen LogP contribution in [0, 0.1) is 0 Å². The van der Waals surface area contributed by atoms with Crippen LogP contribution >= 0.6 is 7.82 Å². The molecule has 3 N–H and O–H groups in total. The lowest BCUT2D eigenvalue weighted by atomic mass is 10.0. The van der Waals surface area contributed by atoms with Crippen molar-refractivity contribution in [2.24, 2.45) is 0 Å². The molecule has 0 saturated carbocycles. The maximum atomic E-state index is 13.1. The number of hydrogen-bond acceptors (Lipinski definition) is 5. The number of aliphatic hydroxyl groups excluding tert-OH is 1. The second kappa shape index (κ2) is 63.4. The van der Waals surface area contributed by atoms with E-state index in [0.717, 1.165) is 70.6 Å². The summed E-state index contributed by atoms with van der Waals surface area (Å²) in [6.45, 7) is 4.75. The molecule has 0 saturated heterocycles. The Morgan fingerprint density at radius 2 is 0.732 bits per heavy atom. The SMILES string of the molecule is CC/C=C\C/C=C\C/C=C\C/C=C\C/C=C\CCCCCCCCCCCCCCCCCCCCCC(=O)NC(COP(=O)(O)OCC[N+](C)(C)C)C(O)/C=C/CCCCCCCCCCCCCCCCCCCCCCCCC. The highest BCUT2D eigenvalue weighted by atomic mass is 31.2. The molecule has 0 spiro atoms. The average Bonchev–Trinajstić information content (AvgIpc) is 3.45. The predicted octanol–water partition coefficient (Wildman–Crippen LogP) is 22.6. The number of allylic oxidation sites excluding steroid dienone is 11. The number of likely N-dealkylation sites (N-methyl/N-ethyl adjacent to an activating group) is 1. The van der Waals surface area contributed by atoms with E-state index < -0.39 is 20.0 Å². The molecule has 0 radical (unpaired) electrons. The van der Waals surface area contributed by atoms with Gasteiger partial charge in [-0.05, 0) is 64.2 Å². The summed E-state index contributed by atoms with van der Waals surface area (Å²) >= 11 is 0. The summed E-state index contributed by atoms with van der Waals surface area (Å²) < 4.78 is 23.8. The number of nitrogens with zero attached hydrogens (tertiary/aromatic N) is 1. The van der Waals surface area contributed by atoms with E-state index in [9.17, 15) is 19.4 Å². The molecule has 1 amide bonds. The van der Waals surface area contributed by atoms with Crippen LogP contribution in [-0.4, -0.2) is 73.4 Å². The van der Waals surface area contributed by atoms with Crippen LogP contribution in [0.25, 0.3) is 0 Å². The molecule has 0 aromatic carbocycles. The van der Waals surface area contributed by atoms with Crippen LogP contribution in [0.3, 0.4) is 0 Å². The fourth-order valence-corrected chi connectivity index (χ4v) is 11.2. The number of nitrogens with one attached hydrogen (secondary N) is 1. The molecule has 0 aliphatic rings. The molecule has 0 aliphatic heterocycles. The summed E-state index contributed by atoms with van der Waals surface area (Å²) in [4.78, 5) is 23.4. The predicted molar refractivity (Wildman–Crippen MR) is 360 cm³/mol. The fraction of sp³-hybridized carbons (Fsp3) is 0.822. The zero-order valence-corrected chi connectivity index (χ0v) is 55.9. The van der Waals surface area contributed by atoms with Crippen molar-refractivity contribution in [3.63, 3.8) is 0 Å². The Hall–Kier alpha value is -2.06. The van der Waals surface area contributed by atoms with Gasteiger partial charge in [-0.3, -0.25) is 13.8 Å². The van der Waals surface area contributed by atoms with Gasteiger partial charge in [0.05, 0.1) is 39.9 Å². The minimum absolute atomic E-state index is 0.0616. The first-order valence-corrected chi connectivity index (χ1v) is 36.8. The van der Waals surface area contributed by atoms with Crippen molar-refractivity contribution >= 4 is 13.7 Å². The topological polar surface area (TPSA) is 105 Å². The van der Waals surface area contributed by atoms with E-state index in [2.05, 4.69) is 79.9 Å². The summed E-state index contributed by atoms with van der Waals surface area (Å²) in [5, 5.41) is 14.0. The number of aliphatic hydroxyl groups is 1. The highest BCUT2D eigenvalue weighted by Crippen LogP contribution is 2.43. The first-order valence-electron chi connectivity index (χ1n) is 35.3. The van der Waals surface area contributed by atoms with E-state index in [0.29, 0.717) is 17.4 Å². The molecule has 0 aromatic rings. The molecule has 3 atom stereocenters. The van der Waals surface area contributed by atoms with Crippen LogP contribution in [0.5, 0.6) is 0 Å². The molecule has 0 aliphatic carbocycles. The van der Waals surface area contributed by atoms with Gasteiger partial charge in [-0.2, -0.15) is 0 Å². The number of quaternary nitrogens is 1. The number of rotatable bonds is 65. The summed E-state index contributed by atoms with van der Waals surface area (Å²) in [7, 11) is 1.58. The third-order valence-corrected chi connectivity index (χ3v) is 16.9. The Balaban J connectivity index is 4.03. The van der Waals surface area contributed by atoms with Crippen molar-refractivity contribution in [1.29, 1.82) is 0 Å². The minimum Gasteiger partial charge on any atom is -0.387 e. The maximum absolute atomic E-state index is 13.1. The maximum Gasteiger partial charge on any atom is 0.472 e. The van der Waals surface area contributed by atoms with E-state index in [1.807, 2.05) is 27.2 Å². The molecular formula is C73H138N2O6P+. The lowest BCUT2D eigenvalue weighted by Crippen LogP contribution is -2.45. The number of carbonyl (C=O) groups excluding carboxylic acids is 1. The van der Waals surface area contributed by atoms with Crippen molar-refractivity contribution in [2.75, 3.05) is 40.9 Å². The van der Waals surface area contributed by atoms with Crippen LogP contribution in [0.1, 0.15) is 335 Å².